The van der Waals surface area contributed by atoms with E-state index in [1.54, 1.807) is 19.5 Å². The third kappa shape index (κ3) is 7.33. The maximum absolute atomic E-state index is 11.5. The van der Waals surface area contributed by atoms with E-state index < -0.39 is 6.10 Å². The van der Waals surface area contributed by atoms with Gasteiger partial charge in [0.25, 0.3) is 0 Å². The summed E-state index contributed by atoms with van der Waals surface area (Å²) < 4.78 is 16.4. The largest absolute Gasteiger partial charge is 0.480 e. The number of aromatic nitrogens is 4. The second-order valence-electron chi connectivity index (χ2n) is 11.3. The number of hydrogen-bond donors (Lipinski definition) is 4. The van der Waals surface area contributed by atoms with Crippen molar-refractivity contribution in [1.82, 2.24) is 35.9 Å². The number of rotatable bonds is 12. The lowest BCUT2D eigenvalue weighted by Crippen LogP contribution is -2.38. The number of carbonyl (C=O) groups is 1. The molecule has 2 aliphatic heterocycles. The molecule has 246 valence electrons. The minimum atomic E-state index is -0.574. The fourth-order valence-corrected chi connectivity index (χ4v) is 6.31. The van der Waals surface area contributed by atoms with Crippen molar-refractivity contribution in [2.24, 2.45) is 0 Å². The second-order valence-corrected chi connectivity index (χ2v) is 12.0. The highest BCUT2D eigenvalue weighted by atomic mass is 35.5. The van der Waals surface area contributed by atoms with Gasteiger partial charge in [0.05, 0.1) is 73.4 Å². The molecule has 1 amide bonds. The van der Waals surface area contributed by atoms with Crippen molar-refractivity contribution in [3.63, 3.8) is 0 Å². The van der Waals surface area contributed by atoms with Gasteiger partial charge in [-0.25, -0.2) is 9.97 Å². The van der Waals surface area contributed by atoms with Crippen LogP contribution in [0.1, 0.15) is 24.2 Å². The molecule has 6 rings (SSSR count). The molecule has 14 heteroatoms. The molecule has 0 radical (unpaired) electrons. The number of ether oxygens (including phenoxy) is 3. The highest BCUT2D eigenvalue weighted by molar-refractivity contribution is 6.39. The molecular weight excluding hydrogens is 645 g/mol. The van der Waals surface area contributed by atoms with Gasteiger partial charge in [0.1, 0.15) is 11.4 Å². The van der Waals surface area contributed by atoms with Crippen molar-refractivity contribution in [2.45, 2.75) is 44.1 Å². The third-order valence-corrected chi connectivity index (χ3v) is 9.01. The van der Waals surface area contributed by atoms with Crippen LogP contribution in [0.15, 0.2) is 48.8 Å². The van der Waals surface area contributed by atoms with E-state index >= 15 is 0 Å². The summed E-state index contributed by atoms with van der Waals surface area (Å²) in [7, 11) is 3.08. The van der Waals surface area contributed by atoms with Gasteiger partial charge in [0, 0.05) is 54.4 Å². The summed E-state index contributed by atoms with van der Waals surface area (Å²) in [5, 5.41) is 20.5. The molecule has 12 nitrogen and oxygen atoms in total. The summed E-state index contributed by atoms with van der Waals surface area (Å²) in [5.41, 5.74) is 5.06. The first-order valence-electron chi connectivity index (χ1n) is 15.2. The van der Waals surface area contributed by atoms with Crippen LogP contribution in [0.5, 0.6) is 11.8 Å². The van der Waals surface area contributed by atoms with Crippen molar-refractivity contribution < 1.29 is 24.1 Å². The molecule has 0 aliphatic carbocycles. The van der Waals surface area contributed by atoms with Crippen LogP contribution in [0.2, 0.25) is 10.0 Å². The number of aliphatic hydroxyl groups excluding tert-OH is 1. The standard InChI is InChI=1S/C33H35Cl2N7O5/c1-45-32-25(12-36-11-18-9-10-29(44)40-18)37-13-23(41-32)21-7-3-5-19(30(21)34)20-6-4-8-22(31(20)35)24-14-38-26(33(42-24)46-2)15-39-27-16-47-17-28(27)43/h3-8,13-14,18,27-28,36,39,43H,9-12,15-17H2,1-2H3,(H,40,44)/t18-,27+,28+/m0/s1. The number of aliphatic hydroxyl groups is 1. The van der Waals surface area contributed by atoms with Gasteiger partial charge in [-0.1, -0.05) is 59.6 Å². The van der Waals surface area contributed by atoms with Gasteiger partial charge in [0.2, 0.25) is 17.7 Å². The molecule has 3 atom stereocenters. The smallest absolute Gasteiger partial charge is 0.237 e. The molecule has 2 aromatic carbocycles. The van der Waals surface area contributed by atoms with Gasteiger partial charge in [-0.15, -0.1) is 0 Å². The Hall–Kier alpha value is -3.91. The molecule has 47 heavy (non-hydrogen) atoms. The van der Waals surface area contributed by atoms with Crippen LogP contribution in [0.4, 0.5) is 0 Å². The molecule has 0 bridgehead atoms. The Morgan fingerprint density at radius 3 is 1.98 bits per heavy atom. The zero-order chi connectivity index (χ0) is 32.9. The predicted octanol–water partition coefficient (Wildman–Crippen LogP) is 3.81. The molecule has 4 heterocycles. The summed E-state index contributed by atoms with van der Waals surface area (Å²) in [6.45, 7) is 2.14. The lowest BCUT2D eigenvalue weighted by atomic mass is 9.98. The summed E-state index contributed by atoms with van der Waals surface area (Å²) >= 11 is 14.0. The fourth-order valence-electron chi connectivity index (χ4n) is 5.66. The molecule has 2 saturated heterocycles. The number of halogens is 2. The lowest BCUT2D eigenvalue weighted by molar-refractivity contribution is -0.119. The highest BCUT2D eigenvalue weighted by Gasteiger charge is 2.26. The Labute approximate surface area is 282 Å². The molecule has 0 saturated carbocycles. The van der Waals surface area contributed by atoms with Crippen LogP contribution in [0.25, 0.3) is 33.6 Å². The number of hydrogen-bond acceptors (Lipinski definition) is 11. The molecule has 0 unspecified atom stereocenters. The highest BCUT2D eigenvalue weighted by Crippen LogP contribution is 2.42. The van der Waals surface area contributed by atoms with Gasteiger partial charge in [0.15, 0.2) is 0 Å². The van der Waals surface area contributed by atoms with Crippen molar-refractivity contribution in [3.8, 4) is 45.4 Å². The van der Waals surface area contributed by atoms with Gasteiger partial charge < -0.3 is 35.3 Å². The summed E-state index contributed by atoms with van der Waals surface area (Å²) in [4.78, 5) is 30.1. The molecule has 2 aromatic heterocycles. The Bertz CT molecular complexity index is 1760. The molecule has 0 spiro atoms. The Kier molecular flexibility index (Phi) is 10.5. The first-order chi connectivity index (χ1) is 22.9. The van der Waals surface area contributed by atoms with E-state index in [-0.39, 0.29) is 18.0 Å². The van der Waals surface area contributed by atoms with Crippen LogP contribution in [-0.2, 0) is 22.6 Å². The molecule has 4 N–H and O–H groups in total. The quantitative estimate of drug-likeness (QED) is 0.173. The van der Waals surface area contributed by atoms with E-state index in [4.69, 9.17) is 47.4 Å². The molecule has 2 aliphatic rings. The Balaban J connectivity index is 1.23. The van der Waals surface area contributed by atoms with Gasteiger partial charge in [-0.3, -0.25) is 14.8 Å². The van der Waals surface area contributed by atoms with E-state index in [2.05, 4.69) is 25.9 Å². The minimum absolute atomic E-state index is 0.0790. The number of methoxy groups -OCH3 is 2. The van der Waals surface area contributed by atoms with Gasteiger partial charge in [-0.2, -0.15) is 0 Å². The Morgan fingerprint density at radius 2 is 1.47 bits per heavy atom. The van der Waals surface area contributed by atoms with Gasteiger partial charge >= 0.3 is 0 Å². The first kappa shape index (κ1) is 33.0. The van der Waals surface area contributed by atoms with Crippen LogP contribution in [0, 0.1) is 0 Å². The minimum Gasteiger partial charge on any atom is -0.480 e. The monoisotopic (exact) mass is 679 g/mol. The number of nitrogens with zero attached hydrogens (tertiary/aromatic N) is 4. The van der Waals surface area contributed by atoms with Crippen molar-refractivity contribution in [2.75, 3.05) is 34.0 Å². The van der Waals surface area contributed by atoms with Crippen LogP contribution in [-0.4, -0.2) is 83.1 Å². The van der Waals surface area contributed by atoms with Crippen LogP contribution >= 0.6 is 23.2 Å². The average molecular weight is 681 g/mol. The molecule has 4 aromatic rings. The first-order valence-corrected chi connectivity index (χ1v) is 16.0. The zero-order valence-electron chi connectivity index (χ0n) is 25.9. The van der Waals surface area contributed by atoms with E-state index in [1.807, 2.05) is 36.4 Å². The predicted molar refractivity (Wildman–Crippen MR) is 177 cm³/mol. The Morgan fingerprint density at radius 1 is 0.894 bits per heavy atom. The second kappa shape index (κ2) is 14.9. The number of nitrogens with one attached hydrogen (secondary N) is 3. The SMILES string of the molecule is COc1nc(-c2cccc(-c3cccc(-c4cnc(CN[C@@H]5COC[C@H]5O)c(OC)n4)c3Cl)c2Cl)cnc1CNC[C@@H]1CCC(=O)N1. The number of amides is 1. The summed E-state index contributed by atoms with van der Waals surface area (Å²) in [5.74, 6) is 0.808. The topological polar surface area (TPSA) is 153 Å². The summed E-state index contributed by atoms with van der Waals surface area (Å²) in [6, 6.07) is 11.2. The van der Waals surface area contributed by atoms with Crippen molar-refractivity contribution >= 4 is 29.1 Å². The fraction of sp³-hybridized carbons (Fsp3) is 0.364. The lowest BCUT2D eigenvalue weighted by Gasteiger charge is -2.16. The third-order valence-electron chi connectivity index (χ3n) is 8.20. The van der Waals surface area contributed by atoms with Gasteiger partial charge in [-0.05, 0) is 6.42 Å². The molecular formula is C33H35Cl2N7O5. The normalized spacial score (nSPS) is 19.2. The summed E-state index contributed by atoms with van der Waals surface area (Å²) in [6.07, 6.45) is 4.10. The van der Waals surface area contributed by atoms with Crippen LogP contribution in [0.3, 0.4) is 0 Å². The number of carbonyl (C=O) groups excluding carboxylic acids is 1. The maximum Gasteiger partial charge on any atom is 0.237 e. The van der Waals surface area contributed by atoms with E-state index in [1.165, 1.54) is 7.11 Å². The van der Waals surface area contributed by atoms with E-state index in [0.29, 0.717) is 106 Å². The van der Waals surface area contributed by atoms with Crippen molar-refractivity contribution in [1.29, 1.82) is 0 Å². The average Bonchev–Trinajstić information content (AvgIpc) is 3.70. The number of benzene rings is 2. The molecule has 2 fully saturated rings. The van der Waals surface area contributed by atoms with E-state index in [9.17, 15) is 9.90 Å². The zero-order valence-corrected chi connectivity index (χ0v) is 27.4. The van der Waals surface area contributed by atoms with E-state index in [0.717, 1.165) is 6.42 Å². The van der Waals surface area contributed by atoms with Crippen LogP contribution < -0.4 is 25.4 Å². The van der Waals surface area contributed by atoms with Crippen molar-refractivity contribution in [3.05, 3.63) is 70.2 Å². The maximum atomic E-state index is 11.5.